The molecule has 1 N–H and O–H groups in total. The monoisotopic (exact) mass is 271 g/mol. The van der Waals surface area contributed by atoms with Gasteiger partial charge in [-0.25, -0.2) is 13.1 Å². The molecule has 0 amide bonds. The molecule has 0 heterocycles. The molecule has 0 aliphatic heterocycles. The number of hydrogen-bond donors (Lipinski definition) is 1. The summed E-state index contributed by atoms with van der Waals surface area (Å²) in [5.41, 5.74) is 0.485. The van der Waals surface area contributed by atoms with Gasteiger partial charge in [-0.2, -0.15) is 0 Å². The van der Waals surface area contributed by atoms with Crippen molar-refractivity contribution in [1.82, 2.24) is 4.72 Å². The van der Waals surface area contributed by atoms with Gasteiger partial charge in [0.25, 0.3) is 0 Å². The lowest BCUT2D eigenvalue weighted by atomic mass is 10.2. The van der Waals surface area contributed by atoms with Crippen LogP contribution < -0.4 is 4.72 Å². The number of carbonyl (C=O) groups is 1. The summed E-state index contributed by atoms with van der Waals surface area (Å²) in [6, 6.07) is 5.51. The van der Waals surface area contributed by atoms with E-state index in [4.69, 9.17) is 4.74 Å². The molecule has 0 fully saturated rings. The number of nitrogens with one attached hydrogen (secondary N) is 1. The molecule has 1 aromatic rings. The Balaban J connectivity index is 2.88. The van der Waals surface area contributed by atoms with E-state index in [0.717, 1.165) is 0 Å². The summed E-state index contributed by atoms with van der Waals surface area (Å²) in [5, 5.41) is 0. The molecular formula is C12H17NO4S. The minimum absolute atomic E-state index is 0.0975. The van der Waals surface area contributed by atoms with E-state index in [-0.39, 0.29) is 16.7 Å². The number of methoxy groups -OCH3 is 1. The zero-order chi connectivity index (χ0) is 13.8. The molecule has 18 heavy (non-hydrogen) atoms. The molecule has 0 unspecified atom stereocenters. The Hall–Kier alpha value is -1.24. The van der Waals surface area contributed by atoms with Crippen molar-refractivity contribution in [3.05, 3.63) is 29.8 Å². The molecule has 6 heteroatoms. The molecule has 1 aromatic carbocycles. The molecule has 0 saturated carbocycles. The lowest BCUT2D eigenvalue weighted by Gasteiger charge is -2.13. The maximum absolute atomic E-state index is 11.9. The van der Waals surface area contributed by atoms with Crippen LogP contribution in [0.15, 0.2) is 29.2 Å². The van der Waals surface area contributed by atoms with E-state index < -0.39 is 10.0 Å². The SMILES string of the molecule is COC[C@H](C)NS(=O)(=O)c1ccc(C(C)=O)cc1. The van der Waals surface area contributed by atoms with Crippen LogP contribution in [0.25, 0.3) is 0 Å². The van der Waals surface area contributed by atoms with E-state index in [2.05, 4.69) is 4.72 Å². The third-order valence-corrected chi connectivity index (χ3v) is 3.95. The summed E-state index contributed by atoms with van der Waals surface area (Å²) in [5.74, 6) is -0.0975. The summed E-state index contributed by atoms with van der Waals surface area (Å²) in [7, 11) is -2.06. The molecule has 0 bridgehead atoms. The standard InChI is InChI=1S/C12H17NO4S/c1-9(8-17-3)13-18(15,16)12-6-4-11(5-7-12)10(2)14/h4-7,9,13H,8H2,1-3H3/t9-/m0/s1. The number of benzene rings is 1. The van der Waals surface area contributed by atoms with Gasteiger partial charge >= 0.3 is 0 Å². The zero-order valence-electron chi connectivity index (χ0n) is 10.6. The first kappa shape index (κ1) is 14.8. The van der Waals surface area contributed by atoms with Gasteiger partial charge in [0, 0.05) is 18.7 Å². The Morgan fingerprint density at radius 1 is 1.33 bits per heavy atom. The van der Waals surface area contributed by atoms with Crippen molar-refractivity contribution < 1.29 is 17.9 Å². The molecule has 0 aromatic heterocycles. The van der Waals surface area contributed by atoms with Crippen LogP contribution in [-0.4, -0.2) is 34.0 Å². The third kappa shape index (κ3) is 3.90. The minimum atomic E-state index is -3.57. The molecule has 0 radical (unpaired) electrons. The average Bonchev–Trinajstić information content (AvgIpc) is 2.28. The lowest BCUT2D eigenvalue weighted by molar-refractivity contribution is 0.101. The topological polar surface area (TPSA) is 72.5 Å². The Labute approximate surface area is 107 Å². The Morgan fingerprint density at radius 3 is 2.33 bits per heavy atom. The number of rotatable bonds is 6. The molecule has 0 saturated heterocycles. The first-order valence-electron chi connectivity index (χ1n) is 5.49. The summed E-state index contributed by atoms with van der Waals surface area (Å²) in [4.78, 5) is 11.2. The molecular weight excluding hydrogens is 254 g/mol. The van der Waals surface area contributed by atoms with Gasteiger partial charge < -0.3 is 4.74 Å². The van der Waals surface area contributed by atoms with E-state index in [0.29, 0.717) is 12.2 Å². The van der Waals surface area contributed by atoms with Crippen molar-refractivity contribution >= 4 is 15.8 Å². The molecule has 0 spiro atoms. The first-order valence-corrected chi connectivity index (χ1v) is 6.97. The predicted molar refractivity (Wildman–Crippen MR) is 68.1 cm³/mol. The van der Waals surface area contributed by atoms with Crippen molar-refractivity contribution in [3.63, 3.8) is 0 Å². The highest BCUT2D eigenvalue weighted by Crippen LogP contribution is 2.11. The van der Waals surface area contributed by atoms with Crippen molar-refractivity contribution in [2.45, 2.75) is 24.8 Å². The Morgan fingerprint density at radius 2 is 1.89 bits per heavy atom. The van der Waals surface area contributed by atoms with E-state index in [1.807, 2.05) is 0 Å². The number of hydrogen-bond acceptors (Lipinski definition) is 4. The second-order valence-electron chi connectivity index (χ2n) is 4.06. The molecule has 1 rings (SSSR count). The van der Waals surface area contributed by atoms with Crippen LogP contribution in [0.4, 0.5) is 0 Å². The minimum Gasteiger partial charge on any atom is -0.383 e. The van der Waals surface area contributed by atoms with Crippen LogP contribution in [-0.2, 0) is 14.8 Å². The van der Waals surface area contributed by atoms with Gasteiger partial charge in [0.2, 0.25) is 10.0 Å². The van der Waals surface area contributed by atoms with Crippen molar-refractivity contribution in [2.75, 3.05) is 13.7 Å². The van der Waals surface area contributed by atoms with Crippen molar-refractivity contribution in [2.24, 2.45) is 0 Å². The van der Waals surface area contributed by atoms with Gasteiger partial charge in [0.05, 0.1) is 11.5 Å². The Bertz CT molecular complexity index is 507. The van der Waals surface area contributed by atoms with Crippen LogP contribution in [0.1, 0.15) is 24.2 Å². The van der Waals surface area contributed by atoms with Crippen LogP contribution in [0, 0.1) is 0 Å². The molecule has 5 nitrogen and oxygen atoms in total. The highest BCUT2D eigenvalue weighted by molar-refractivity contribution is 7.89. The smallest absolute Gasteiger partial charge is 0.240 e. The van der Waals surface area contributed by atoms with Crippen LogP contribution >= 0.6 is 0 Å². The summed E-state index contributed by atoms with van der Waals surface area (Å²) in [6.07, 6.45) is 0. The maximum Gasteiger partial charge on any atom is 0.240 e. The average molecular weight is 271 g/mol. The first-order chi connectivity index (χ1) is 8.36. The van der Waals surface area contributed by atoms with Gasteiger partial charge in [-0.3, -0.25) is 4.79 Å². The Kier molecular flexibility index (Phi) is 5.01. The quantitative estimate of drug-likeness (QED) is 0.789. The van der Waals surface area contributed by atoms with Crippen molar-refractivity contribution in [1.29, 1.82) is 0 Å². The van der Waals surface area contributed by atoms with Gasteiger partial charge in [0.15, 0.2) is 5.78 Å². The van der Waals surface area contributed by atoms with Crippen molar-refractivity contribution in [3.8, 4) is 0 Å². The van der Waals surface area contributed by atoms with Crippen LogP contribution in [0.2, 0.25) is 0 Å². The zero-order valence-corrected chi connectivity index (χ0v) is 11.5. The highest BCUT2D eigenvalue weighted by atomic mass is 32.2. The highest BCUT2D eigenvalue weighted by Gasteiger charge is 2.17. The van der Waals surface area contributed by atoms with E-state index in [1.54, 1.807) is 6.92 Å². The van der Waals surface area contributed by atoms with Gasteiger partial charge in [-0.1, -0.05) is 12.1 Å². The number of ketones is 1. The normalized spacial score (nSPS) is 13.3. The van der Waals surface area contributed by atoms with Gasteiger partial charge in [-0.05, 0) is 26.0 Å². The summed E-state index contributed by atoms with van der Waals surface area (Å²) >= 11 is 0. The number of sulfonamides is 1. The number of Topliss-reactive ketones (excluding diaryl/α,β-unsaturated/α-hetero) is 1. The van der Waals surface area contributed by atoms with Crippen LogP contribution in [0.3, 0.4) is 0 Å². The summed E-state index contributed by atoms with van der Waals surface area (Å²) in [6.45, 7) is 3.44. The number of carbonyl (C=O) groups excluding carboxylic acids is 1. The fourth-order valence-corrected chi connectivity index (χ4v) is 2.71. The molecule has 0 aliphatic carbocycles. The predicted octanol–water partition coefficient (Wildman–Crippen LogP) is 1.20. The maximum atomic E-state index is 11.9. The van der Waals surface area contributed by atoms with E-state index in [1.165, 1.54) is 38.3 Å². The lowest BCUT2D eigenvalue weighted by Crippen LogP contribution is -2.35. The van der Waals surface area contributed by atoms with Crippen LogP contribution in [0.5, 0.6) is 0 Å². The third-order valence-electron chi connectivity index (χ3n) is 2.34. The van der Waals surface area contributed by atoms with E-state index in [9.17, 15) is 13.2 Å². The van der Waals surface area contributed by atoms with Gasteiger partial charge in [0.1, 0.15) is 0 Å². The second-order valence-corrected chi connectivity index (χ2v) is 5.77. The van der Waals surface area contributed by atoms with Gasteiger partial charge in [-0.15, -0.1) is 0 Å². The fourth-order valence-electron chi connectivity index (χ4n) is 1.49. The second kappa shape index (κ2) is 6.08. The largest absolute Gasteiger partial charge is 0.383 e. The fraction of sp³-hybridized carbons (Fsp3) is 0.417. The molecule has 100 valence electrons. The van der Waals surface area contributed by atoms with E-state index >= 15 is 0 Å². The molecule has 1 atom stereocenters. The molecule has 0 aliphatic rings. The number of ether oxygens (including phenoxy) is 1. The summed E-state index contributed by atoms with van der Waals surface area (Å²) < 4.78 is 31.2.